The summed E-state index contributed by atoms with van der Waals surface area (Å²) < 4.78 is 6.11. The first kappa shape index (κ1) is 19.8. The lowest BCUT2D eigenvalue weighted by Crippen LogP contribution is -2.54. The van der Waals surface area contributed by atoms with E-state index in [4.69, 9.17) is 4.74 Å². The summed E-state index contributed by atoms with van der Waals surface area (Å²) in [7, 11) is 0. The van der Waals surface area contributed by atoms with Crippen LogP contribution in [0.2, 0.25) is 0 Å². The molecule has 154 valence electrons. The lowest BCUT2D eigenvalue weighted by atomic mass is 9.45. The summed E-state index contributed by atoms with van der Waals surface area (Å²) in [5.74, 6) is 3.66. The topological polar surface area (TPSA) is 26.3 Å². The molecule has 0 radical (unpaired) electrons. The standard InChI is InChI=1S/C25H42O2/c1-6-23(2,3)22(26)27-18-11-9-17-10-12-19-20-8-7-14-24(20,4)15-13-21(19)25(17,5)16-18/h17-21H,6-16H2,1-5H3/t17?,18?,19?,20?,21?,24-,25-/m0/s1. The zero-order valence-corrected chi connectivity index (χ0v) is 18.5. The molecule has 4 rings (SSSR count). The van der Waals surface area contributed by atoms with Crippen LogP contribution in [0.5, 0.6) is 0 Å². The second-order valence-corrected chi connectivity index (χ2v) is 11.8. The molecule has 0 aromatic carbocycles. The smallest absolute Gasteiger partial charge is 0.311 e. The summed E-state index contributed by atoms with van der Waals surface area (Å²) >= 11 is 0. The van der Waals surface area contributed by atoms with Crippen LogP contribution in [0, 0.1) is 39.9 Å². The molecule has 2 heteroatoms. The van der Waals surface area contributed by atoms with Gasteiger partial charge in [-0.05, 0) is 113 Å². The van der Waals surface area contributed by atoms with E-state index < -0.39 is 0 Å². The summed E-state index contributed by atoms with van der Waals surface area (Å²) in [4.78, 5) is 12.7. The molecule has 4 aliphatic rings. The molecule has 0 aliphatic heterocycles. The molecule has 27 heavy (non-hydrogen) atoms. The van der Waals surface area contributed by atoms with Gasteiger partial charge < -0.3 is 4.74 Å². The molecule has 5 unspecified atom stereocenters. The highest BCUT2D eigenvalue weighted by molar-refractivity contribution is 5.76. The van der Waals surface area contributed by atoms with E-state index in [2.05, 4.69) is 20.8 Å². The number of hydrogen-bond acceptors (Lipinski definition) is 2. The fourth-order valence-electron chi connectivity index (χ4n) is 7.86. The molecule has 0 heterocycles. The third kappa shape index (κ3) is 3.18. The van der Waals surface area contributed by atoms with E-state index in [1.54, 1.807) is 0 Å². The van der Waals surface area contributed by atoms with Crippen molar-refractivity contribution in [1.29, 1.82) is 0 Å². The van der Waals surface area contributed by atoms with Gasteiger partial charge in [-0.15, -0.1) is 0 Å². The first-order valence-corrected chi connectivity index (χ1v) is 11.9. The van der Waals surface area contributed by atoms with Gasteiger partial charge >= 0.3 is 5.97 Å². The largest absolute Gasteiger partial charge is 0.462 e. The molecule has 0 spiro atoms. The van der Waals surface area contributed by atoms with E-state index in [-0.39, 0.29) is 17.5 Å². The van der Waals surface area contributed by atoms with Crippen LogP contribution in [0.1, 0.15) is 105 Å². The molecule has 4 aliphatic carbocycles. The van der Waals surface area contributed by atoms with E-state index >= 15 is 0 Å². The maximum absolute atomic E-state index is 12.7. The predicted octanol–water partition coefficient (Wildman–Crippen LogP) is 6.77. The van der Waals surface area contributed by atoms with Crippen molar-refractivity contribution in [2.24, 2.45) is 39.9 Å². The lowest BCUT2D eigenvalue weighted by Gasteiger charge is -2.60. The van der Waals surface area contributed by atoms with E-state index in [0.29, 0.717) is 10.8 Å². The highest BCUT2D eigenvalue weighted by Gasteiger charge is 2.58. The number of rotatable bonds is 3. The van der Waals surface area contributed by atoms with Crippen LogP contribution in [0.15, 0.2) is 0 Å². The number of ether oxygens (including phenoxy) is 1. The number of carbonyl (C=O) groups is 1. The molecular weight excluding hydrogens is 332 g/mol. The van der Waals surface area contributed by atoms with Gasteiger partial charge in [0, 0.05) is 0 Å². The van der Waals surface area contributed by atoms with Gasteiger partial charge in [-0.3, -0.25) is 4.79 Å². The molecule has 0 amide bonds. The zero-order chi connectivity index (χ0) is 19.4. The highest BCUT2D eigenvalue weighted by atomic mass is 16.5. The first-order valence-electron chi connectivity index (χ1n) is 11.9. The minimum Gasteiger partial charge on any atom is -0.462 e. The summed E-state index contributed by atoms with van der Waals surface area (Å²) in [5, 5.41) is 0. The number of fused-ring (bicyclic) bond motifs is 5. The van der Waals surface area contributed by atoms with Crippen molar-refractivity contribution < 1.29 is 9.53 Å². The van der Waals surface area contributed by atoms with Gasteiger partial charge in [0.05, 0.1) is 5.41 Å². The third-order valence-corrected chi connectivity index (χ3v) is 10.1. The Balaban J connectivity index is 1.51. The molecule has 7 atom stereocenters. The van der Waals surface area contributed by atoms with E-state index in [1.807, 2.05) is 13.8 Å². The van der Waals surface area contributed by atoms with Crippen LogP contribution in [0.4, 0.5) is 0 Å². The Hall–Kier alpha value is -0.530. The highest BCUT2D eigenvalue weighted by Crippen LogP contribution is 2.66. The van der Waals surface area contributed by atoms with Gasteiger partial charge in [-0.1, -0.05) is 27.2 Å². The van der Waals surface area contributed by atoms with E-state index in [9.17, 15) is 4.79 Å². The minimum atomic E-state index is -0.344. The Kier molecular flexibility index (Phi) is 4.96. The first-order chi connectivity index (χ1) is 12.7. The number of hydrogen-bond donors (Lipinski definition) is 0. The van der Waals surface area contributed by atoms with Crippen molar-refractivity contribution >= 4 is 5.97 Å². The van der Waals surface area contributed by atoms with Crippen LogP contribution in [0.25, 0.3) is 0 Å². The molecule has 0 N–H and O–H groups in total. The second-order valence-electron chi connectivity index (χ2n) is 11.8. The van der Waals surface area contributed by atoms with E-state index in [1.165, 1.54) is 51.4 Å². The van der Waals surface area contributed by atoms with Gasteiger partial charge in [0.25, 0.3) is 0 Å². The average molecular weight is 375 g/mol. The summed E-state index contributed by atoms with van der Waals surface area (Å²) in [5.41, 5.74) is 0.686. The molecular formula is C25H42O2. The fourth-order valence-corrected chi connectivity index (χ4v) is 7.86. The van der Waals surface area contributed by atoms with Crippen molar-refractivity contribution in [2.45, 2.75) is 111 Å². The predicted molar refractivity (Wildman–Crippen MR) is 110 cm³/mol. The van der Waals surface area contributed by atoms with Crippen LogP contribution in [0.3, 0.4) is 0 Å². The number of carbonyl (C=O) groups excluding carboxylic acids is 1. The van der Waals surface area contributed by atoms with Crippen LogP contribution in [-0.2, 0) is 9.53 Å². The van der Waals surface area contributed by atoms with Gasteiger partial charge in [-0.25, -0.2) is 0 Å². The maximum atomic E-state index is 12.7. The molecule has 0 saturated heterocycles. The molecule has 4 saturated carbocycles. The molecule has 0 bridgehead atoms. The molecule has 4 fully saturated rings. The van der Waals surface area contributed by atoms with E-state index in [0.717, 1.165) is 42.9 Å². The summed E-state index contributed by atoms with van der Waals surface area (Å²) in [6.45, 7) is 11.3. The van der Waals surface area contributed by atoms with Crippen molar-refractivity contribution in [3.8, 4) is 0 Å². The minimum absolute atomic E-state index is 0.0245. The van der Waals surface area contributed by atoms with Crippen LogP contribution < -0.4 is 0 Å². The Morgan fingerprint density at radius 3 is 2.48 bits per heavy atom. The van der Waals surface area contributed by atoms with Gasteiger partial charge in [0.15, 0.2) is 0 Å². The fraction of sp³-hybridized carbons (Fsp3) is 0.960. The van der Waals surface area contributed by atoms with Crippen LogP contribution >= 0.6 is 0 Å². The quantitative estimate of drug-likeness (QED) is 0.510. The Labute approximate surface area is 167 Å². The maximum Gasteiger partial charge on any atom is 0.311 e. The third-order valence-electron chi connectivity index (χ3n) is 10.1. The monoisotopic (exact) mass is 374 g/mol. The lowest BCUT2D eigenvalue weighted by molar-refractivity contribution is -0.173. The summed E-state index contributed by atoms with van der Waals surface area (Å²) in [6, 6.07) is 0. The van der Waals surface area contributed by atoms with Crippen molar-refractivity contribution in [1.82, 2.24) is 0 Å². The number of esters is 1. The Morgan fingerprint density at radius 1 is 1.00 bits per heavy atom. The second kappa shape index (κ2) is 6.77. The molecule has 0 aromatic rings. The van der Waals surface area contributed by atoms with Crippen molar-refractivity contribution in [3.05, 3.63) is 0 Å². The SMILES string of the molecule is CCC(C)(C)C(=O)OC1CCC2CCC3C4CCC[C@@]4(C)CCC3[C@@]2(C)C1. The normalized spacial score (nSPS) is 46.9. The Bertz CT molecular complexity index is 581. The van der Waals surface area contributed by atoms with Gasteiger partial charge in [0.2, 0.25) is 0 Å². The van der Waals surface area contributed by atoms with Crippen LogP contribution in [-0.4, -0.2) is 12.1 Å². The van der Waals surface area contributed by atoms with Gasteiger partial charge in [-0.2, -0.15) is 0 Å². The summed E-state index contributed by atoms with van der Waals surface area (Å²) in [6.07, 6.45) is 14.6. The van der Waals surface area contributed by atoms with Gasteiger partial charge in [0.1, 0.15) is 6.10 Å². The zero-order valence-electron chi connectivity index (χ0n) is 18.5. The Morgan fingerprint density at radius 2 is 1.74 bits per heavy atom. The average Bonchev–Trinajstić information content (AvgIpc) is 3.02. The van der Waals surface area contributed by atoms with Crippen molar-refractivity contribution in [3.63, 3.8) is 0 Å². The molecule has 2 nitrogen and oxygen atoms in total. The van der Waals surface area contributed by atoms with Crippen molar-refractivity contribution in [2.75, 3.05) is 0 Å². The molecule has 0 aromatic heterocycles.